The van der Waals surface area contributed by atoms with Crippen LogP contribution in [0.5, 0.6) is 0 Å². The van der Waals surface area contributed by atoms with Crippen LogP contribution in [0.15, 0.2) is 16.7 Å². The van der Waals surface area contributed by atoms with Crippen molar-refractivity contribution >= 4 is 27.5 Å². The highest BCUT2D eigenvalue weighted by molar-refractivity contribution is 9.10. The van der Waals surface area contributed by atoms with Gasteiger partial charge in [-0.25, -0.2) is 0 Å². The molecule has 26 heavy (non-hydrogen) atoms. The highest BCUT2D eigenvalue weighted by Gasteiger charge is 2.56. The Kier molecular flexibility index (Phi) is 4.36. The zero-order valence-electron chi connectivity index (χ0n) is 15.5. The van der Waals surface area contributed by atoms with E-state index in [2.05, 4.69) is 31.9 Å². The van der Waals surface area contributed by atoms with Crippen molar-refractivity contribution in [3.8, 4) is 6.07 Å². The van der Waals surface area contributed by atoms with Crippen LogP contribution in [0.2, 0.25) is 0 Å². The van der Waals surface area contributed by atoms with E-state index in [0.717, 1.165) is 41.8 Å². The fourth-order valence-electron chi connectivity index (χ4n) is 4.79. The standard InChI is InChI=1S/C20H25BrN4O/c1-19(2)17-16(9-14(21)12-23-17)25(18(19)26)15-10-20(11-15,13-22)24-7-5-3-4-6-8-24/h9,12,15H,3-8,10-11H2,1-2H3. The van der Waals surface area contributed by atoms with E-state index in [4.69, 9.17) is 0 Å². The van der Waals surface area contributed by atoms with Gasteiger partial charge in [-0.3, -0.25) is 14.7 Å². The van der Waals surface area contributed by atoms with Gasteiger partial charge < -0.3 is 4.90 Å². The first kappa shape index (κ1) is 17.9. The van der Waals surface area contributed by atoms with Gasteiger partial charge in [-0.2, -0.15) is 5.26 Å². The zero-order valence-corrected chi connectivity index (χ0v) is 17.0. The number of halogens is 1. The number of nitrogens with zero attached hydrogens (tertiary/aromatic N) is 4. The second-order valence-corrected chi connectivity index (χ2v) is 9.34. The molecule has 0 unspecified atom stereocenters. The lowest BCUT2D eigenvalue weighted by atomic mass is 9.71. The Labute approximate surface area is 163 Å². The van der Waals surface area contributed by atoms with Crippen molar-refractivity contribution in [1.82, 2.24) is 9.88 Å². The van der Waals surface area contributed by atoms with E-state index < -0.39 is 11.0 Å². The molecule has 5 nitrogen and oxygen atoms in total. The van der Waals surface area contributed by atoms with Gasteiger partial charge in [0.1, 0.15) is 5.54 Å². The number of anilines is 1. The highest BCUT2D eigenvalue weighted by atomic mass is 79.9. The number of aromatic nitrogens is 1. The minimum Gasteiger partial charge on any atom is -0.306 e. The lowest BCUT2D eigenvalue weighted by Crippen LogP contribution is -2.64. The van der Waals surface area contributed by atoms with Crippen molar-refractivity contribution < 1.29 is 4.79 Å². The Morgan fingerprint density at radius 1 is 1.23 bits per heavy atom. The second kappa shape index (κ2) is 6.31. The first-order valence-electron chi connectivity index (χ1n) is 9.55. The topological polar surface area (TPSA) is 60.2 Å². The van der Waals surface area contributed by atoms with Crippen molar-refractivity contribution in [2.24, 2.45) is 0 Å². The van der Waals surface area contributed by atoms with Gasteiger partial charge in [-0.05, 0) is 61.8 Å². The van der Waals surface area contributed by atoms with Crippen molar-refractivity contribution in [1.29, 1.82) is 5.26 Å². The largest absolute Gasteiger partial charge is 0.306 e. The summed E-state index contributed by atoms with van der Waals surface area (Å²) in [5.41, 5.74) is 0.738. The Hall–Kier alpha value is -1.45. The predicted octanol–water partition coefficient (Wildman–Crippen LogP) is 3.77. The van der Waals surface area contributed by atoms with E-state index in [1.54, 1.807) is 6.20 Å². The van der Waals surface area contributed by atoms with Gasteiger partial charge >= 0.3 is 0 Å². The van der Waals surface area contributed by atoms with E-state index in [0.29, 0.717) is 0 Å². The van der Waals surface area contributed by atoms with Gasteiger partial charge in [0.05, 0.1) is 22.9 Å². The van der Waals surface area contributed by atoms with Crippen LogP contribution in [0.3, 0.4) is 0 Å². The average molecular weight is 417 g/mol. The molecule has 1 aromatic rings. The van der Waals surface area contributed by atoms with E-state index >= 15 is 0 Å². The molecule has 0 radical (unpaired) electrons. The van der Waals surface area contributed by atoms with Gasteiger partial charge in [0.15, 0.2) is 0 Å². The summed E-state index contributed by atoms with van der Waals surface area (Å²) in [6.45, 7) is 5.90. The van der Waals surface area contributed by atoms with Gasteiger partial charge in [-0.1, -0.05) is 12.8 Å². The van der Waals surface area contributed by atoms with Crippen LogP contribution in [0.25, 0.3) is 0 Å². The summed E-state index contributed by atoms with van der Waals surface area (Å²) in [4.78, 5) is 22.0. The number of rotatable bonds is 2. The molecule has 1 amide bonds. The van der Waals surface area contributed by atoms with Crippen LogP contribution in [0.4, 0.5) is 5.69 Å². The van der Waals surface area contributed by atoms with Gasteiger partial charge in [0.25, 0.3) is 0 Å². The Balaban J connectivity index is 1.60. The number of nitriles is 1. The van der Waals surface area contributed by atoms with Crippen LogP contribution in [0.1, 0.15) is 58.1 Å². The first-order chi connectivity index (χ1) is 12.4. The molecule has 0 atom stereocenters. The summed E-state index contributed by atoms with van der Waals surface area (Å²) >= 11 is 3.49. The van der Waals surface area contributed by atoms with Crippen LogP contribution in [0, 0.1) is 11.3 Å². The molecule has 1 saturated heterocycles. The SMILES string of the molecule is CC1(C)C(=O)N(C2CC(C#N)(N3CCCCCC3)C2)c2cc(Br)cnc21. The third kappa shape index (κ3) is 2.59. The number of hydrogen-bond donors (Lipinski definition) is 0. The number of hydrogen-bond acceptors (Lipinski definition) is 4. The molecule has 4 rings (SSSR count). The maximum Gasteiger partial charge on any atom is 0.239 e. The molecule has 0 bridgehead atoms. The van der Waals surface area contributed by atoms with Crippen LogP contribution in [-0.2, 0) is 10.2 Å². The van der Waals surface area contributed by atoms with Gasteiger partial charge in [0, 0.05) is 29.6 Å². The van der Waals surface area contributed by atoms with E-state index in [1.165, 1.54) is 25.7 Å². The number of pyridine rings is 1. The van der Waals surface area contributed by atoms with Crippen LogP contribution < -0.4 is 4.90 Å². The van der Waals surface area contributed by atoms with E-state index in [-0.39, 0.29) is 11.9 Å². The molecule has 2 aliphatic heterocycles. The summed E-state index contributed by atoms with van der Waals surface area (Å²) in [5.74, 6) is 0.102. The Bertz CT molecular complexity index is 771. The third-order valence-electron chi connectivity index (χ3n) is 6.37. The lowest BCUT2D eigenvalue weighted by Gasteiger charge is -2.52. The number of likely N-dealkylation sites (tertiary alicyclic amines) is 1. The quantitative estimate of drug-likeness (QED) is 0.735. The summed E-state index contributed by atoms with van der Waals surface area (Å²) < 4.78 is 0.880. The first-order valence-corrected chi connectivity index (χ1v) is 10.3. The molecule has 138 valence electrons. The monoisotopic (exact) mass is 416 g/mol. The van der Waals surface area contributed by atoms with Gasteiger partial charge in [0.2, 0.25) is 5.91 Å². The Morgan fingerprint density at radius 3 is 2.50 bits per heavy atom. The Morgan fingerprint density at radius 2 is 1.88 bits per heavy atom. The summed E-state index contributed by atoms with van der Waals surface area (Å²) in [7, 11) is 0. The number of carbonyl (C=O) groups excluding carboxylic acids is 1. The normalized spacial score (nSPS) is 31.1. The summed E-state index contributed by atoms with van der Waals surface area (Å²) in [6.07, 6.45) is 8.08. The molecule has 0 aromatic carbocycles. The van der Waals surface area contributed by atoms with Crippen LogP contribution in [-0.4, -0.2) is 40.5 Å². The van der Waals surface area contributed by atoms with E-state index in [1.807, 2.05) is 24.8 Å². The smallest absolute Gasteiger partial charge is 0.239 e. The molecule has 1 saturated carbocycles. The molecular formula is C20H25BrN4O. The lowest BCUT2D eigenvalue weighted by molar-refractivity contribution is -0.123. The minimum absolute atomic E-state index is 0.0852. The molecular weight excluding hydrogens is 392 g/mol. The number of carbonyl (C=O) groups is 1. The fraction of sp³-hybridized carbons (Fsp3) is 0.650. The van der Waals surface area contributed by atoms with Crippen molar-refractivity contribution in [3.05, 3.63) is 22.4 Å². The van der Waals surface area contributed by atoms with Crippen molar-refractivity contribution in [3.63, 3.8) is 0 Å². The molecule has 0 N–H and O–H groups in total. The highest BCUT2D eigenvalue weighted by Crippen LogP contribution is 2.49. The molecule has 2 fully saturated rings. The molecule has 1 aliphatic carbocycles. The van der Waals surface area contributed by atoms with E-state index in [9.17, 15) is 10.1 Å². The molecule has 6 heteroatoms. The maximum absolute atomic E-state index is 13.1. The third-order valence-corrected chi connectivity index (χ3v) is 6.80. The molecule has 1 aromatic heterocycles. The van der Waals surface area contributed by atoms with Gasteiger partial charge in [-0.15, -0.1) is 0 Å². The fourth-order valence-corrected chi connectivity index (χ4v) is 5.11. The molecule has 3 heterocycles. The number of amides is 1. The van der Waals surface area contributed by atoms with Crippen LogP contribution >= 0.6 is 15.9 Å². The number of fused-ring (bicyclic) bond motifs is 1. The summed E-state index contributed by atoms with van der Waals surface area (Å²) in [6, 6.07) is 4.68. The average Bonchev–Trinajstić information content (AvgIpc) is 2.79. The van der Waals surface area contributed by atoms with Crippen molar-refractivity contribution in [2.45, 2.75) is 69.4 Å². The zero-order chi connectivity index (χ0) is 18.5. The predicted molar refractivity (Wildman–Crippen MR) is 104 cm³/mol. The second-order valence-electron chi connectivity index (χ2n) is 8.43. The minimum atomic E-state index is -0.608. The molecule has 3 aliphatic rings. The summed E-state index contributed by atoms with van der Waals surface area (Å²) in [5, 5.41) is 9.93. The van der Waals surface area contributed by atoms with Crippen molar-refractivity contribution in [2.75, 3.05) is 18.0 Å². The molecule has 0 spiro atoms. The maximum atomic E-state index is 13.1.